The lowest BCUT2D eigenvalue weighted by molar-refractivity contribution is 0.102. The molecule has 0 saturated carbocycles. The van der Waals surface area contributed by atoms with Gasteiger partial charge in [-0.1, -0.05) is 11.3 Å². The van der Waals surface area contributed by atoms with Crippen LogP contribution in [0.2, 0.25) is 0 Å². The fraction of sp³-hybridized carbons (Fsp3) is 0.0556. The second-order valence-electron chi connectivity index (χ2n) is 5.99. The van der Waals surface area contributed by atoms with Crippen molar-refractivity contribution < 1.29 is 17.6 Å². The molecule has 0 unspecified atom stereocenters. The Labute approximate surface area is 163 Å². The molecule has 4 aromatic rings. The van der Waals surface area contributed by atoms with E-state index in [1.807, 2.05) is 0 Å². The average Bonchev–Trinajstić information content (AvgIpc) is 3.29. The Morgan fingerprint density at radius 1 is 1.21 bits per heavy atom. The number of amides is 1. The van der Waals surface area contributed by atoms with E-state index >= 15 is 0 Å². The molecule has 0 fully saturated rings. The average molecular weight is 416 g/mol. The van der Waals surface area contributed by atoms with Gasteiger partial charge in [0, 0.05) is 24.2 Å². The fourth-order valence-corrected chi connectivity index (χ4v) is 4.08. The molecule has 10 heteroatoms. The predicted molar refractivity (Wildman–Crippen MR) is 104 cm³/mol. The molecule has 142 valence electrons. The van der Waals surface area contributed by atoms with E-state index in [4.69, 9.17) is 0 Å². The molecule has 1 amide bonds. The second kappa shape index (κ2) is 6.80. The zero-order valence-corrected chi connectivity index (χ0v) is 16.1. The highest BCUT2D eigenvalue weighted by atomic mass is 32.2. The standard InChI is InChI=1S/C18H13FN4O3S2/c1-28(25,26)12-4-6-16-14(10-12)21-18(27-16)22-17(24)11-3-5-13(19)15(9-11)23-8-2-7-20-23/h2-10H,1H3,(H,21,22,24). The van der Waals surface area contributed by atoms with Gasteiger partial charge >= 0.3 is 0 Å². The van der Waals surface area contributed by atoms with Crippen LogP contribution in [0.5, 0.6) is 0 Å². The summed E-state index contributed by atoms with van der Waals surface area (Å²) in [5.74, 6) is -0.968. The third-order valence-electron chi connectivity index (χ3n) is 3.97. The van der Waals surface area contributed by atoms with Crippen LogP contribution in [0.3, 0.4) is 0 Å². The highest BCUT2D eigenvalue weighted by molar-refractivity contribution is 7.90. The molecule has 28 heavy (non-hydrogen) atoms. The van der Waals surface area contributed by atoms with Gasteiger partial charge in [-0.2, -0.15) is 5.10 Å². The molecule has 0 radical (unpaired) electrons. The van der Waals surface area contributed by atoms with Crippen molar-refractivity contribution >= 4 is 42.4 Å². The number of carbonyl (C=O) groups is 1. The highest BCUT2D eigenvalue weighted by Gasteiger charge is 2.15. The lowest BCUT2D eigenvalue weighted by Gasteiger charge is -2.06. The highest BCUT2D eigenvalue weighted by Crippen LogP contribution is 2.28. The van der Waals surface area contributed by atoms with Crippen LogP contribution in [0.25, 0.3) is 15.9 Å². The van der Waals surface area contributed by atoms with Gasteiger partial charge in [-0.3, -0.25) is 10.1 Å². The molecule has 1 N–H and O–H groups in total. The van der Waals surface area contributed by atoms with Crippen LogP contribution in [0.1, 0.15) is 10.4 Å². The van der Waals surface area contributed by atoms with Crippen molar-refractivity contribution in [1.29, 1.82) is 0 Å². The summed E-state index contributed by atoms with van der Waals surface area (Å²) in [6.45, 7) is 0. The summed E-state index contributed by atoms with van der Waals surface area (Å²) < 4.78 is 39.5. The first-order chi connectivity index (χ1) is 13.3. The van der Waals surface area contributed by atoms with Gasteiger partial charge in [0.05, 0.1) is 15.1 Å². The number of benzene rings is 2. The molecule has 0 spiro atoms. The van der Waals surface area contributed by atoms with Gasteiger partial charge in [-0.25, -0.2) is 22.5 Å². The van der Waals surface area contributed by atoms with Crippen LogP contribution < -0.4 is 5.32 Å². The number of hydrogen-bond donors (Lipinski definition) is 1. The summed E-state index contributed by atoms with van der Waals surface area (Å²) in [5.41, 5.74) is 0.863. The maximum absolute atomic E-state index is 14.0. The Hall–Kier alpha value is -3.11. The van der Waals surface area contributed by atoms with E-state index in [-0.39, 0.29) is 16.1 Å². The Kier molecular flexibility index (Phi) is 4.44. The van der Waals surface area contributed by atoms with Crippen molar-refractivity contribution in [3.05, 3.63) is 66.2 Å². The molecule has 2 aromatic carbocycles. The number of nitrogens with zero attached hydrogens (tertiary/aromatic N) is 3. The quantitative estimate of drug-likeness (QED) is 0.551. The number of rotatable bonds is 4. The molecule has 4 rings (SSSR count). The molecule has 0 saturated heterocycles. The van der Waals surface area contributed by atoms with E-state index in [0.717, 1.165) is 11.0 Å². The van der Waals surface area contributed by atoms with E-state index in [2.05, 4.69) is 15.4 Å². The smallest absolute Gasteiger partial charge is 0.257 e. The number of aromatic nitrogens is 3. The molecule has 2 aromatic heterocycles. The SMILES string of the molecule is CS(=O)(=O)c1ccc2sc(NC(=O)c3ccc(F)c(-n4cccn4)c3)nc2c1. The van der Waals surface area contributed by atoms with Crippen LogP contribution in [-0.2, 0) is 9.84 Å². The Balaban J connectivity index is 1.63. The Morgan fingerprint density at radius 3 is 2.75 bits per heavy atom. The van der Waals surface area contributed by atoms with Gasteiger partial charge in [0.15, 0.2) is 15.0 Å². The normalized spacial score (nSPS) is 11.6. The topological polar surface area (TPSA) is 94.0 Å². The second-order valence-corrected chi connectivity index (χ2v) is 9.04. The van der Waals surface area contributed by atoms with Crippen molar-refractivity contribution in [3.8, 4) is 5.69 Å². The summed E-state index contributed by atoms with van der Waals surface area (Å²) in [6, 6.07) is 10.2. The number of halogens is 1. The first kappa shape index (κ1) is 18.3. The lowest BCUT2D eigenvalue weighted by atomic mass is 10.2. The van der Waals surface area contributed by atoms with E-state index < -0.39 is 21.6 Å². The minimum absolute atomic E-state index is 0.153. The van der Waals surface area contributed by atoms with Gasteiger partial charge in [0.25, 0.3) is 5.91 Å². The molecular formula is C18H13FN4O3S2. The van der Waals surface area contributed by atoms with E-state index in [1.165, 1.54) is 52.5 Å². The number of hydrogen-bond acceptors (Lipinski definition) is 6. The van der Waals surface area contributed by atoms with Crippen LogP contribution in [-0.4, -0.2) is 35.3 Å². The number of carbonyl (C=O) groups excluding carboxylic acids is 1. The zero-order valence-electron chi connectivity index (χ0n) is 14.5. The number of nitrogens with one attached hydrogen (secondary N) is 1. The molecule has 0 aliphatic rings. The van der Waals surface area contributed by atoms with Crippen LogP contribution in [0.4, 0.5) is 9.52 Å². The largest absolute Gasteiger partial charge is 0.298 e. The molecule has 2 heterocycles. The zero-order chi connectivity index (χ0) is 19.9. The summed E-state index contributed by atoms with van der Waals surface area (Å²) in [7, 11) is -3.35. The molecule has 0 aliphatic carbocycles. The third-order valence-corrected chi connectivity index (χ3v) is 6.03. The summed E-state index contributed by atoms with van der Waals surface area (Å²) >= 11 is 1.22. The van der Waals surface area contributed by atoms with E-state index in [9.17, 15) is 17.6 Å². The first-order valence-electron chi connectivity index (χ1n) is 8.03. The number of thiazole rings is 1. The first-order valence-corrected chi connectivity index (χ1v) is 10.7. The minimum atomic E-state index is -3.35. The Morgan fingerprint density at radius 2 is 2.04 bits per heavy atom. The lowest BCUT2D eigenvalue weighted by Crippen LogP contribution is -2.12. The number of anilines is 1. The van der Waals surface area contributed by atoms with Gasteiger partial charge in [-0.05, 0) is 42.5 Å². The number of fused-ring (bicyclic) bond motifs is 1. The van der Waals surface area contributed by atoms with Crippen molar-refractivity contribution in [2.45, 2.75) is 4.90 Å². The maximum Gasteiger partial charge on any atom is 0.257 e. The third kappa shape index (κ3) is 3.51. The number of sulfone groups is 1. The Bertz CT molecular complexity index is 1300. The van der Waals surface area contributed by atoms with Crippen molar-refractivity contribution in [1.82, 2.24) is 14.8 Å². The summed E-state index contributed by atoms with van der Waals surface area (Å²) in [5, 5.41) is 6.95. The van der Waals surface area contributed by atoms with E-state index in [1.54, 1.807) is 18.3 Å². The van der Waals surface area contributed by atoms with Crippen LogP contribution in [0, 0.1) is 5.82 Å². The molecule has 0 aliphatic heterocycles. The monoisotopic (exact) mass is 416 g/mol. The van der Waals surface area contributed by atoms with Crippen LogP contribution >= 0.6 is 11.3 Å². The molecule has 7 nitrogen and oxygen atoms in total. The minimum Gasteiger partial charge on any atom is -0.298 e. The van der Waals surface area contributed by atoms with Crippen molar-refractivity contribution in [3.63, 3.8) is 0 Å². The van der Waals surface area contributed by atoms with Gasteiger partial charge < -0.3 is 0 Å². The molecule has 0 bridgehead atoms. The summed E-state index contributed by atoms with van der Waals surface area (Å²) in [6.07, 6.45) is 4.21. The van der Waals surface area contributed by atoms with Gasteiger partial charge in [0.1, 0.15) is 11.5 Å². The van der Waals surface area contributed by atoms with Gasteiger partial charge in [-0.15, -0.1) is 0 Å². The van der Waals surface area contributed by atoms with E-state index in [0.29, 0.717) is 10.6 Å². The van der Waals surface area contributed by atoms with Crippen molar-refractivity contribution in [2.75, 3.05) is 11.6 Å². The predicted octanol–water partition coefficient (Wildman–Crippen LogP) is 3.28. The molecule has 0 atom stereocenters. The van der Waals surface area contributed by atoms with Crippen molar-refractivity contribution in [2.24, 2.45) is 0 Å². The van der Waals surface area contributed by atoms with Crippen LogP contribution in [0.15, 0.2) is 59.8 Å². The molecular weight excluding hydrogens is 403 g/mol. The summed E-state index contributed by atoms with van der Waals surface area (Å²) in [4.78, 5) is 17.0. The fourth-order valence-electron chi connectivity index (χ4n) is 2.60. The maximum atomic E-state index is 14.0. The van der Waals surface area contributed by atoms with Gasteiger partial charge in [0.2, 0.25) is 0 Å².